The SMILES string of the molecule is [2H]C([2H])([2H])C([2H])([2H])C([2H])([2H])C([2H])([2H])CCCCCCCCCCCC(=O)N[C@@H](CO)[C@H](O)/C=C/CCCCCCCCCCCCC. The summed E-state index contributed by atoms with van der Waals surface area (Å²) in [7, 11) is 0. The third-order valence-electron chi connectivity index (χ3n) is 7.12. The minimum Gasteiger partial charge on any atom is -0.394 e. The fourth-order valence-corrected chi connectivity index (χ4v) is 4.66. The van der Waals surface area contributed by atoms with Gasteiger partial charge in [-0.2, -0.15) is 0 Å². The number of amides is 1. The third kappa shape index (κ3) is 26.7. The van der Waals surface area contributed by atoms with Crippen molar-refractivity contribution in [1.82, 2.24) is 5.32 Å². The highest BCUT2D eigenvalue weighted by Crippen LogP contribution is 2.14. The van der Waals surface area contributed by atoms with Gasteiger partial charge < -0.3 is 15.5 Å². The van der Waals surface area contributed by atoms with Crippen LogP contribution in [0.2, 0.25) is 0 Å². The molecule has 4 nitrogen and oxygen atoms in total. The predicted octanol–water partition coefficient (Wildman–Crippen LogP) is 9.56. The Morgan fingerprint density at radius 3 is 1.79 bits per heavy atom. The first kappa shape index (κ1) is 23.8. The number of aliphatic hydroxyl groups excluding tert-OH is 2. The van der Waals surface area contributed by atoms with E-state index in [1.165, 1.54) is 64.2 Å². The van der Waals surface area contributed by atoms with Gasteiger partial charge in [0, 0.05) is 18.8 Å². The number of carbonyl (C=O) groups excluding carboxylic acids is 1. The molecule has 0 unspecified atom stereocenters. The number of nitrogens with one attached hydrogen (secondary N) is 1. The van der Waals surface area contributed by atoms with Gasteiger partial charge in [0.25, 0.3) is 0 Å². The summed E-state index contributed by atoms with van der Waals surface area (Å²) in [5.41, 5.74) is 0. The van der Waals surface area contributed by atoms with Crippen LogP contribution in [0.4, 0.5) is 0 Å². The highest BCUT2D eigenvalue weighted by atomic mass is 16.3. The lowest BCUT2D eigenvalue weighted by Gasteiger charge is -2.20. The van der Waals surface area contributed by atoms with E-state index in [1.54, 1.807) is 6.08 Å². The highest BCUT2D eigenvalue weighted by Gasteiger charge is 2.17. The molecule has 0 radical (unpaired) electrons. The Labute approximate surface area is 250 Å². The monoisotopic (exact) mass is 547 g/mol. The summed E-state index contributed by atoms with van der Waals surface area (Å²) in [6.07, 6.45) is 16.1. The van der Waals surface area contributed by atoms with Gasteiger partial charge in [-0.1, -0.05) is 167 Å². The van der Waals surface area contributed by atoms with Gasteiger partial charge in [0.1, 0.15) is 0 Å². The number of allylic oxidation sites excluding steroid dienone is 1. The average Bonchev–Trinajstić information content (AvgIpc) is 2.99. The average molecular weight is 547 g/mol. The zero-order valence-corrected chi connectivity index (χ0v) is 24.6. The molecule has 0 aliphatic rings. The van der Waals surface area contributed by atoms with Crippen LogP contribution < -0.4 is 5.32 Å². The van der Waals surface area contributed by atoms with Crippen molar-refractivity contribution in [3.63, 3.8) is 0 Å². The Bertz CT molecular complexity index is 823. The Morgan fingerprint density at radius 2 is 1.26 bits per heavy atom. The third-order valence-corrected chi connectivity index (χ3v) is 7.12. The standard InChI is InChI=1S/C34H67NO3/c1-3-5-7-9-11-13-15-17-19-21-23-25-27-29-33(37)32(31-36)35-34(38)30-28-26-24-22-20-18-16-14-12-10-8-6-4-2/h27,29,32-33,36-37H,3-26,28,30-31H2,1-2H3,(H,35,38)/b29-27+/t32-,33+/m0/s1/i2D3,4D2,6D2,8D2. The number of rotatable bonds is 30. The number of carbonyl (C=O) groups is 1. The van der Waals surface area contributed by atoms with E-state index >= 15 is 0 Å². The minimum atomic E-state index is -3.30. The molecule has 0 aromatic heterocycles. The van der Waals surface area contributed by atoms with E-state index in [9.17, 15) is 15.0 Å². The molecule has 0 aliphatic heterocycles. The van der Waals surface area contributed by atoms with Crippen molar-refractivity contribution in [3.8, 4) is 0 Å². The lowest BCUT2D eigenvalue weighted by Crippen LogP contribution is -2.45. The molecule has 0 saturated heterocycles. The maximum absolute atomic E-state index is 12.3. The summed E-state index contributed by atoms with van der Waals surface area (Å²) < 4.78 is 68.9. The van der Waals surface area contributed by atoms with Crippen LogP contribution in [0.25, 0.3) is 0 Å². The van der Waals surface area contributed by atoms with E-state index in [4.69, 9.17) is 12.3 Å². The number of hydrogen-bond acceptors (Lipinski definition) is 3. The minimum absolute atomic E-state index is 0.182. The molecule has 38 heavy (non-hydrogen) atoms. The van der Waals surface area contributed by atoms with E-state index in [1.807, 2.05) is 6.08 Å². The number of hydrogen-bond donors (Lipinski definition) is 3. The molecule has 4 heteroatoms. The second-order valence-corrected chi connectivity index (χ2v) is 10.7. The molecular formula is C34H67NO3. The summed E-state index contributed by atoms with van der Waals surface area (Å²) in [6, 6.07) is -0.715. The number of aliphatic hydroxyl groups is 2. The van der Waals surface area contributed by atoms with Crippen molar-refractivity contribution >= 4 is 5.91 Å². The second kappa shape index (κ2) is 30.7. The largest absolute Gasteiger partial charge is 0.394 e. The van der Waals surface area contributed by atoms with Crippen LogP contribution in [0.15, 0.2) is 12.2 Å². The van der Waals surface area contributed by atoms with Crippen molar-refractivity contribution in [2.24, 2.45) is 0 Å². The predicted molar refractivity (Wildman–Crippen MR) is 166 cm³/mol. The summed E-state index contributed by atoms with van der Waals surface area (Å²) in [5, 5.41) is 22.8. The smallest absolute Gasteiger partial charge is 0.220 e. The Balaban J connectivity index is 3.93. The van der Waals surface area contributed by atoms with Crippen LogP contribution in [-0.2, 0) is 4.79 Å². The van der Waals surface area contributed by atoms with Crippen LogP contribution in [0, 0.1) is 0 Å². The molecule has 1 amide bonds. The summed E-state index contributed by atoms with van der Waals surface area (Å²) >= 11 is 0. The molecule has 226 valence electrons. The molecule has 3 N–H and O–H groups in total. The molecule has 0 heterocycles. The summed E-state index contributed by atoms with van der Waals surface area (Å²) in [6.45, 7) is -1.35. The maximum atomic E-state index is 12.3. The first-order chi connectivity index (χ1) is 22.0. The van der Waals surface area contributed by atoms with Crippen LogP contribution >= 0.6 is 0 Å². The van der Waals surface area contributed by atoms with E-state index in [2.05, 4.69) is 12.2 Å². The van der Waals surface area contributed by atoms with E-state index < -0.39 is 38.1 Å². The Morgan fingerprint density at radius 1 is 0.763 bits per heavy atom. The zero-order valence-electron chi connectivity index (χ0n) is 33.6. The first-order valence-corrected chi connectivity index (χ1v) is 15.8. The summed E-state index contributed by atoms with van der Waals surface area (Å²) in [4.78, 5) is 12.3. The van der Waals surface area contributed by atoms with Gasteiger partial charge in [-0.15, -0.1) is 0 Å². The van der Waals surface area contributed by atoms with Gasteiger partial charge in [-0.05, 0) is 19.3 Å². The van der Waals surface area contributed by atoms with Gasteiger partial charge in [-0.3, -0.25) is 4.79 Å². The number of unbranched alkanes of at least 4 members (excludes halogenated alkanes) is 19. The van der Waals surface area contributed by atoms with Gasteiger partial charge >= 0.3 is 0 Å². The highest BCUT2D eigenvalue weighted by molar-refractivity contribution is 5.76. The molecule has 0 rings (SSSR count). The van der Waals surface area contributed by atoms with Crippen LogP contribution in [0.3, 0.4) is 0 Å². The zero-order chi connectivity index (χ0) is 35.8. The molecule has 0 spiro atoms. The van der Waals surface area contributed by atoms with Gasteiger partial charge in [0.05, 0.1) is 18.8 Å². The van der Waals surface area contributed by atoms with E-state index in [0.29, 0.717) is 19.3 Å². The molecule has 0 saturated carbocycles. The van der Waals surface area contributed by atoms with Crippen molar-refractivity contribution in [2.75, 3.05) is 6.61 Å². The Kier molecular flexibility index (Phi) is 19.2. The van der Waals surface area contributed by atoms with Gasteiger partial charge in [0.15, 0.2) is 0 Å². The van der Waals surface area contributed by atoms with E-state index in [-0.39, 0.29) is 18.9 Å². The van der Waals surface area contributed by atoms with Crippen molar-refractivity contribution < 1.29 is 27.3 Å². The first-order valence-electron chi connectivity index (χ1n) is 20.3. The molecule has 0 aliphatic carbocycles. The summed E-state index contributed by atoms with van der Waals surface area (Å²) in [5.74, 6) is -0.182. The molecule has 0 fully saturated rings. The molecular weight excluding hydrogens is 470 g/mol. The lowest BCUT2D eigenvalue weighted by molar-refractivity contribution is -0.123. The van der Waals surface area contributed by atoms with Crippen LogP contribution in [0.5, 0.6) is 0 Å². The molecule has 2 atom stereocenters. The fourth-order valence-electron chi connectivity index (χ4n) is 4.66. The van der Waals surface area contributed by atoms with Crippen LogP contribution in [0.1, 0.15) is 193 Å². The topological polar surface area (TPSA) is 69.6 Å². The fraction of sp³-hybridized carbons (Fsp3) is 0.912. The molecule has 0 aromatic rings. The second-order valence-electron chi connectivity index (χ2n) is 10.7. The lowest BCUT2D eigenvalue weighted by atomic mass is 10.0. The van der Waals surface area contributed by atoms with Crippen molar-refractivity contribution in [3.05, 3.63) is 12.2 Å². The van der Waals surface area contributed by atoms with Gasteiger partial charge in [0.2, 0.25) is 5.91 Å². The molecule has 0 bridgehead atoms. The normalized spacial score (nSPS) is 18.2. The quantitative estimate of drug-likeness (QED) is 0.0620. The van der Waals surface area contributed by atoms with Gasteiger partial charge in [-0.25, -0.2) is 0 Å². The van der Waals surface area contributed by atoms with Crippen molar-refractivity contribution in [1.29, 1.82) is 0 Å². The maximum Gasteiger partial charge on any atom is 0.220 e. The Hall–Kier alpha value is -0.870. The van der Waals surface area contributed by atoms with Crippen molar-refractivity contribution in [2.45, 2.75) is 193 Å². The van der Waals surface area contributed by atoms with E-state index in [0.717, 1.165) is 57.8 Å². The van der Waals surface area contributed by atoms with Crippen LogP contribution in [-0.4, -0.2) is 34.9 Å². The molecule has 0 aromatic carbocycles.